The fourth-order valence-electron chi connectivity index (χ4n) is 1.98. The number of hydrogen-bond donors (Lipinski definition) is 2. The zero-order valence-electron chi connectivity index (χ0n) is 14.5. The number of anilines is 1. The number of nitrogens with one attached hydrogen (secondary N) is 2. The monoisotopic (exact) mass is 380 g/mol. The number of benzene rings is 1. The van der Waals surface area contributed by atoms with Crippen LogP contribution in [0.4, 0.5) is 5.13 Å². The fraction of sp³-hybridized carbons (Fsp3) is 0.471. The molecule has 6 nitrogen and oxygen atoms in total. The smallest absolute Gasteiger partial charge is 0.233 e. The quantitative estimate of drug-likeness (QED) is 0.461. The van der Waals surface area contributed by atoms with Gasteiger partial charge in [0.25, 0.3) is 0 Å². The highest BCUT2D eigenvalue weighted by Crippen LogP contribution is 2.29. The molecule has 1 unspecified atom stereocenters. The lowest BCUT2D eigenvalue weighted by atomic mass is 10.2. The van der Waals surface area contributed by atoms with Crippen molar-refractivity contribution in [3.8, 4) is 0 Å². The van der Waals surface area contributed by atoms with Crippen molar-refractivity contribution < 1.29 is 9.53 Å². The second-order valence-electron chi connectivity index (χ2n) is 5.31. The first-order valence-electron chi connectivity index (χ1n) is 8.32. The van der Waals surface area contributed by atoms with Gasteiger partial charge in [-0.1, -0.05) is 53.4 Å². The van der Waals surface area contributed by atoms with Gasteiger partial charge in [0.1, 0.15) is 0 Å². The SMILES string of the molecule is CCOCCCNC(=O)C(C)Sc1nnc(NCc2ccccc2)s1. The van der Waals surface area contributed by atoms with E-state index in [1.165, 1.54) is 28.7 Å². The van der Waals surface area contributed by atoms with E-state index in [4.69, 9.17) is 4.74 Å². The molecule has 1 amide bonds. The lowest BCUT2D eigenvalue weighted by molar-refractivity contribution is -0.120. The standard InChI is InChI=1S/C17H24N4O2S2/c1-3-23-11-7-10-18-15(22)13(2)24-17-21-20-16(25-17)19-12-14-8-5-4-6-9-14/h4-6,8-9,13H,3,7,10-12H2,1-2H3,(H,18,22)(H,19,20). The van der Waals surface area contributed by atoms with E-state index >= 15 is 0 Å². The molecule has 1 atom stereocenters. The van der Waals surface area contributed by atoms with Gasteiger partial charge < -0.3 is 15.4 Å². The lowest BCUT2D eigenvalue weighted by Crippen LogP contribution is -2.32. The first-order valence-corrected chi connectivity index (χ1v) is 10.0. The zero-order valence-corrected chi connectivity index (χ0v) is 16.2. The summed E-state index contributed by atoms with van der Waals surface area (Å²) in [6.07, 6.45) is 0.823. The van der Waals surface area contributed by atoms with E-state index in [0.29, 0.717) is 26.3 Å². The second-order valence-corrected chi connectivity index (χ2v) is 7.88. The molecule has 0 saturated heterocycles. The van der Waals surface area contributed by atoms with Crippen LogP contribution < -0.4 is 10.6 Å². The number of nitrogens with zero attached hydrogens (tertiary/aromatic N) is 2. The van der Waals surface area contributed by atoms with Crippen LogP contribution in [0.1, 0.15) is 25.8 Å². The Morgan fingerprint density at radius 3 is 2.88 bits per heavy atom. The summed E-state index contributed by atoms with van der Waals surface area (Å²) >= 11 is 2.89. The zero-order chi connectivity index (χ0) is 17.9. The van der Waals surface area contributed by atoms with Gasteiger partial charge in [-0.15, -0.1) is 10.2 Å². The molecule has 0 spiro atoms. The van der Waals surface area contributed by atoms with Crippen LogP contribution in [0.25, 0.3) is 0 Å². The first-order chi connectivity index (χ1) is 12.2. The van der Waals surface area contributed by atoms with E-state index in [1.807, 2.05) is 32.0 Å². The third-order valence-electron chi connectivity index (χ3n) is 3.31. The highest BCUT2D eigenvalue weighted by molar-refractivity contribution is 8.02. The number of hydrogen-bond acceptors (Lipinski definition) is 7. The number of ether oxygens (including phenoxy) is 1. The Hall–Kier alpha value is -1.64. The summed E-state index contributed by atoms with van der Waals surface area (Å²) in [5, 5.41) is 15.0. The summed E-state index contributed by atoms with van der Waals surface area (Å²) < 4.78 is 6.03. The van der Waals surface area contributed by atoms with Gasteiger partial charge in [-0.05, 0) is 25.8 Å². The van der Waals surface area contributed by atoms with E-state index in [-0.39, 0.29) is 11.2 Å². The maximum absolute atomic E-state index is 12.1. The largest absolute Gasteiger partial charge is 0.382 e. The van der Waals surface area contributed by atoms with Crippen LogP contribution in [0.3, 0.4) is 0 Å². The third-order valence-corrected chi connectivity index (χ3v) is 5.37. The molecule has 0 aliphatic heterocycles. The van der Waals surface area contributed by atoms with E-state index < -0.39 is 0 Å². The van der Waals surface area contributed by atoms with Gasteiger partial charge in [0.2, 0.25) is 11.0 Å². The fourth-order valence-corrected chi connectivity index (χ4v) is 3.90. The van der Waals surface area contributed by atoms with Crippen LogP contribution >= 0.6 is 23.1 Å². The maximum atomic E-state index is 12.1. The van der Waals surface area contributed by atoms with Gasteiger partial charge in [0, 0.05) is 26.3 Å². The van der Waals surface area contributed by atoms with Crippen molar-refractivity contribution in [1.82, 2.24) is 15.5 Å². The highest BCUT2D eigenvalue weighted by atomic mass is 32.2. The third kappa shape index (κ3) is 7.41. The van der Waals surface area contributed by atoms with Crippen LogP contribution in [0.5, 0.6) is 0 Å². The summed E-state index contributed by atoms with van der Waals surface area (Å²) in [5.74, 6) is 0.00972. The van der Waals surface area contributed by atoms with Gasteiger partial charge in [0.15, 0.2) is 4.34 Å². The van der Waals surface area contributed by atoms with Gasteiger partial charge in [-0.3, -0.25) is 4.79 Å². The van der Waals surface area contributed by atoms with Crippen molar-refractivity contribution in [2.75, 3.05) is 25.1 Å². The molecule has 0 saturated carbocycles. The van der Waals surface area contributed by atoms with Gasteiger partial charge in [0.05, 0.1) is 5.25 Å². The maximum Gasteiger partial charge on any atom is 0.233 e. The summed E-state index contributed by atoms with van der Waals surface area (Å²) in [5.41, 5.74) is 1.19. The molecule has 2 N–H and O–H groups in total. The highest BCUT2D eigenvalue weighted by Gasteiger charge is 2.16. The summed E-state index contributed by atoms with van der Waals surface area (Å²) in [7, 11) is 0. The molecule has 0 radical (unpaired) electrons. The van der Waals surface area contributed by atoms with E-state index in [0.717, 1.165) is 15.9 Å². The van der Waals surface area contributed by atoms with Crippen molar-refractivity contribution in [3.63, 3.8) is 0 Å². The minimum absolute atomic E-state index is 0.00972. The van der Waals surface area contributed by atoms with E-state index in [1.54, 1.807) is 0 Å². The lowest BCUT2D eigenvalue weighted by Gasteiger charge is -2.10. The van der Waals surface area contributed by atoms with Crippen molar-refractivity contribution >= 4 is 34.1 Å². The van der Waals surface area contributed by atoms with Crippen molar-refractivity contribution in [1.29, 1.82) is 0 Å². The van der Waals surface area contributed by atoms with Gasteiger partial charge in [-0.25, -0.2) is 0 Å². The molecule has 25 heavy (non-hydrogen) atoms. The molecule has 0 aliphatic rings. The Kier molecular flexibility index (Phi) is 8.71. The summed E-state index contributed by atoms with van der Waals surface area (Å²) in [4.78, 5) is 12.1. The Morgan fingerprint density at radius 1 is 1.32 bits per heavy atom. The molecular weight excluding hydrogens is 356 g/mol. The normalized spacial score (nSPS) is 11.9. The minimum atomic E-state index is -0.206. The Balaban J connectivity index is 1.71. The Labute approximate surface area is 156 Å². The molecular formula is C17H24N4O2S2. The number of carbonyl (C=O) groups is 1. The number of aromatic nitrogens is 2. The molecule has 0 aliphatic carbocycles. The predicted molar refractivity (Wildman–Crippen MR) is 103 cm³/mol. The van der Waals surface area contributed by atoms with Crippen molar-refractivity contribution in [2.24, 2.45) is 0 Å². The van der Waals surface area contributed by atoms with Crippen molar-refractivity contribution in [2.45, 2.75) is 36.4 Å². The van der Waals surface area contributed by atoms with Gasteiger partial charge in [-0.2, -0.15) is 0 Å². The molecule has 2 aromatic rings. The number of amides is 1. The first kappa shape index (κ1) is 19.7. The predicted octanol–water partition coefficient (Wildman–Crippen LogP) is 3.17. The van der Waals surface area contributed by atoms with Crippen LogP contribution in [0, 0.1) is 0 Å². The molecule has 0 bridgehead atoms. The van der Waals surface area contributed by atoms with E-state index in [2.05, 4.69) is 33.0 Å². The molecule has 0 fully saturated rings. The topological polar surface area (TPSA) is 76.1 Å². The van der Waals surface area contributed by atoms with Crippen molar-refractivity contribution in [3.05, 3.63) is 35.9 Å². The summed E-state index contributed by atoms with van der Waals surface area (Å²) in [6, 6.07) is 10.1. The van der Waals surface area contributed by atoms with Crippen LogP contribution in [0.2, 0.25) is 0 Å². The van der Waals surface area contributed by atoms with E-state index in [9.17, 15) is 4.79 Å². The molecule has 2 rings (SSSR count). The molecule has 1 heterocycles. The van der Waals surface area contributed by atoms with Crippen LogP contribution in [-0.2, 0) is 16.1 Å². The Bertz CT molecular complexity index is 637. The summed E-state index contributed by atoms with van der Waals surface area (Å²) in [6.45, 7) is 6.55. The molecule has 1 aromatic carbocycles. The van der Waals surface area contributed by atoms with Gasteiger partial charge >= 0.3 is 0 Å². The number of carbonyl (C=O) groups excluding carboxylic acids is 1. The molecule has 136 valence electrons. The molecule has 8 heteroatoms. The average Bonchev–Trinajstić information content (AvgIpc) is 3.08. The minimum Gasteiger partial charge on any atom is -0.382 e. The number of thioether (sulfide) groups is 1. The average molecular weight is 381 g/mol. The second kappa shape index (κ2) is 11.1. The Morgan fingerprint density at radius 2 is 2.12 bits per heavy atom. The van der Waals surface area contributed by atoms with Crippen LogP contribution in [0.15, 0.2) is 34.7 Å². The van der Waals surface area contributed by atoms with Crippen LogP contribution in [-0.4, -0.2) is 41.1 Å². The molecule has 1 aromatic heterocycles. The number of rotatable bonds is 11.